The third-order valence-corrected chi connectivity index (χ3v) is 6.87. The first kappa shape index (κ1) is 20.2. The van der Waals surface area contributed by atoms with Gasteiger partial charge in [0.05, 0.1) is 10.7 Å². The number of hydrogen-bond donors (Lipinski definition) is 0. The molecule has 0 saturated carbocycles. The van der Waals surface area contributed by atoms with Gasteiger partial charge in [0, 0.05) is 25.2 Å². The SMILES string of the molecule is C=CCN(CC=C)C(=O)c1ccc(Cl)c(S(=O)(=O)N2CCc3ccccc32)c1. The molecular formula is C21H21ClN2O3S. The quantitative estimate of drug-likeness (QED) is 0.643. The fourth-order valence-electron chi connectivity index (χ4n) is 3.25. The van der Waals surface area contributed by atoms with Gasteiger partial charge in [0.25, 0.3) is 15.9 Å². The lowest BCUT2D eigenvalue weighted by Gasteiger charge is -2.22. The van der Waals surface area contributed by atoms with Crippen molar-refractivity contribution in [2.45, 2.75) is 11.3 Å². The molecule has 0 spiro atoms. The number of hydrogen-bond acceptors (Lipinski definition) is 3. The summed E-state index contributed by atoms with van der Waals surface area (Å²) in [6, 6.07) is 11.7. The van der Waals surface area contributed by atoms with Crippen molar-refractivity contribution in [3.63, 3.8) is 0 Å². The van der Waals surface area contributed by atoms with E-state index in [0.29, 0.717) is 31.7 Å². The van der Waals surface area contributed by atoms with Crippen LogP contribution in [0.3, 0.4) is 0 Å². The van der Waals surface area contributed by atoms with Crippen molar-refractivity contribution >= 4 is 33.2 Å². The number of nitrogens with zero attached hydrogens (tertiary/aromatic N) is 2. The van der Waals surface area contributed by atoms with Gasteiger partial charge in [-0.1, -0.05) is 42.0 Å². The molecule has 0 aromatic heterocycles. The van der Waals surface area contributed by atoms with Gasteiger partial charge < -0.3 is 4.90 Å². The summed E-state index contributed by atoms with van der Waals surface area (Å²) in [6.45, 7) is 8.30. The van der Waals surface area contributed by atoms with Gasteiger partial charge in [-0.3, -0.25) is 9.10 Å². The van der Waals surface area contributed by atoms with Crippen LogP contribution in [0.4, 0.5) is 5.69 Å². The van der Waals surface area contributed by atoms with Crippen molar-refractivity contribution in [3.8, 4) is 0 Å². The Bertz CT molecular complexity index is 1020. The number of fused-ring (bicyclic) bond motifs is 1. The zero-order valence-corrected chi connectivity index (χ0v) is 16.9. The molecule has 0 radical (unpaired) electrons. The molecule has 0 fully saturated rings. The summed E-state index contributed by atoms with van der Waals surface area (Å²) in [5, 5.41) is 0.0833. The van der Waals surface area contributed by atoms with Crippen molar-refractivity contribution in [1.29, 1.82) is 0 Å². The second kappa shape index (κ2) is 8.20. The maximum atomic E-state index is 13.3. The number of halogens is 1. The third kappa shape index (κ3) is 3.70. The summed E-state index contributed by atoms with van der Waals surface area (Å²) in [6.07, 6.45) is 3.85. The summed E-state index contributed by atoms with van der Waals surface area (Å²) < 4.78 is 27.9. The van der Waals surface area contributed by atoms with Crippen LogP contribution >= 0.6 is 11.6 Å². The molecule has 2 aromatic rings. The van der Waals surface area contributed by atoms with Crippen LogP contribution in [-0.2, 0) is 16.4 Å². The molecule has 0 unspecified atom stereocenters. The zero-order chi connectivity index (χ0) is 20.3. The number of anilines is 1. The van der Waals surface area contributed by atoms with E-state index in [4.69, 9.17) is 11.6 Å². The number of carbonyl (C=O) groups excluding carboxylic acids is 1. The van der Waals surface area contributed by atoms with E-state index in [1.165, 1.54) is 27.4 Å². The Morgan fingerprint density at radius 3 is 2.50 bits per heavy atom. The molecule has 7 heteroatoms. The van der Waals surface area contributed by atoms with Crippen molar-refractivity contribution in [2.24, 2.45) is 0 Å². The van der Waals surface area contributed by atoms with Crippen LogP contribution in [0.2, 0.25) is 5.02 Å². The lowest BCUT2D eigenvalue weighted by molar-refractivity contribution is 0.0790. The van der Waals surface area contributed by atoms with Crippen molar-refractivity contribution in [1.82, 2.24) is 4.90 Å². The topological polar surface area (TPSA) is 57.7 Å². The molecule has 0 bridgehead atoms. The first-order valence-electron chi connectivity index (χ1n) is 8.81. The van der Waals surface area contributed by atoms with Crippen LogP contribution < -0.4 is 4.31 Å². The highest BCUT2D eigenvalue weighted by Crippen LogP contribution is 2.35. The highest BCUT2D eigenvalue weighted by atomic mass is 35.5. The molecular weight excluding hydrogens is 396 g/mol. The summed E-state index contributed by atoms with van der Waals surface area (Å²) in [5.74, 6) is -0.310. The average Bonchev–Trinajstić information content (AvgIpc) is 3.12. The minimum absolute atomic E-state index is 0.0751. The van der Waals surface area contributed by atoms with E-state index in [2.05, 4.69) is 13.2 Å². The van der Waals surface area contributed by atoms with Crippen LogP contribution in [0.5, 0.6) is 0 Å². The molecule has 5 nitrogen and oxygen atoms in total. The smallest absolute Gasteiger partial charge is 0.265 e. The molecule has 1 aliphatic rings. The Kier molecular flexibility index (Phi) is 5.91. The molecule has 2 aromatic carbocycles. The Hall–Kier alpha value is -2.57. The predicted molar refractivity (Wildman–Crippen MR) is 112 cm³/mol. The first-order valence-corrected chi connectivity index (χ1v) is 10.6. The molecule has 146 valence electrons. The molecule has 0 N–H and O–H groups in total. The number of benzene rings is 2. The summed E-state index contributed by atoms with van der Waals surface area (Å²) in [4.78, 5) is 14.3. The molecule has 0 saturated heterocycles. The lowest BCUT2D eigenvalue weighted by atomic mass is 10.2. The molecule has 3 rings (SSSR count). The van der Waals surface area contributed by atoms with E-state index < -0.39 is 10.0 Å². The van der Waals surface area contributed by atoms with E-state index in [0.717, 1.165) is 5.56 Å². The molecule has 1 amide bonds. The second-order valence-electron chi connectivity index (χ2n) is 6.39. The van der Waals surface area contributed by atoms with Crippen molar-refractivity contribution < 1.29 is 13.2 Å². The fraction of sp³-hybridized carbons (Fsp3) is 0.190. The maximum Gasteiger partial charge on any atom is 0.265 e. The van der Waals surface area contributed by atoms with Crippen molar-refractivity contribution in [2.75, 3.05) is 23.9 Å². The number of sulfonamides is 1. The van der Waals surface area contributed by atoms with E-state index in [1.54, 1.807) is 24.3 Å². The molecule has 28 heavy (non-hydrogen) atoms. The van der Waals surface area contributed by atoms with E-state index >= 15 is 0 Å². The Balaban J connectivity index is 2.01. The van der Waals surface area contributed by atoms with Gasteiger partial charge in [0.1, 0.15) is 4.90 Å². The van der Waals surface area contributed by atoms with E-state index in [-0.39, 0.29) is 21.4 Å². The predicted octanol–water partition coefficient (Wildman–Crippen LogP) is 3.91. The van der Waals surface area contributed by atoms with Gasteiger partial charge in [-0.15, -0.1) is 13.2 Å². The number of para-hydroxylation sites is 1. The monoisotopic (exact) mass is 416 g/mol. The molecule has 0 atom stereocenters. The summed E-state index contributed by atoms with van der Waals surface area (Å²) >= 11 is 6.23. The third-order valence-electron chi connectivity index (χ3n) is 4.58. The van der Waals surface area contributed by atoms with Gasteiger partial charge in [0.15, 0.2) is 0 Å². The van der Waals surface area contributed by atoms with Crippen LogP contribution in [0, 0.1) is 0 Å². The molecule has 0 aliphatic carbocycles. The molecule has 1 heterocycles. The Morgan fingerprint density at radius 1 is 1.14 bits per heavy atom. The maximum absolute atomic E-state index is 13.3. The fourth-order valence-corrected chi connectivity index (χ4v) is 5.25. The van der Waals surface area contributed by atoms with Crippen LogP contribution in [0.15, 0.2) is 72.7 Å². The average molecular weight is 417 g/mol. The van der Waals surface area contributed by atoms with Crippen LogP contribution in [-0.4, -0.2) is 38.9 Å². The van der Waals surface area contributed by atoms with E-state index in [1.807, 2.05) is 12.1 Å². The van der Waals surface area contributed by atoms with Gasteiger partial charge >= 0.3 is 0 Å². The van der Waals surface area contributed by atoms with Crippen LogP contribution in [0.1, 0.15) is 15.9 Å². The minimum Gasteiger partial charge on any atom is -0.331 e. The molecule has 1 aliphatic heterocycles. The summed E-state index contributed by atoms with van der Waals surface area (Å²) in [7, 11) is -3.90. The number of amides is 1. The minimum atomic E-state index is -3.90. The first-order chi connectivity index (χ1) is 13.4. The van der Waals surface area contributed by atoms with Gasteiger partial charge in [-0.2, -0.15) is 0 Å². The van der Waals surface area contributed by atoms with Gasteiger partial charge in [0.2, 0.25) is 0 Å². The second-order valence-corrected chi connectivity index (χ2v) is 8.63. The standard InChI is InChI=1S/C21H21ClN2O3S/c1-3-12-23(13-4-2)21(25)17-9-10-18(22)20(15-17)28(26,27)24-14-11-16-7-5-6-8-19(16)24/h3-10,15H,1-2,11-14H2. The van der Waals surface area contributed by atoms with Crippen LogP contribution in [0.25, 0.3) is 0 Å². The largest absolute Gasteiger partial charge is 0.331 e. The lowest BCUT2D eigenvalue weighted by Crippen LogP contribution is -2.32. The highest BCUT2D eigenvalue weighted by molar-refractivity contribution is 7.93. The number of rotatable bonds is 7. The summed E-state index contributed by atoms with van der Waals surface area (Å²) in [5.41, 5.74) is 1.87. The normalized spacial score (nSPS) is 13.1. The van der Waals surface area contributed by atoms with Gasteiger partial charge in [-0.25, -0.2) is 8.42 Å². The highest BCUT2D eigenvalue weighted by Gasteiger charge is 2.32. The number of carbonyl (C=O) groups is 1. The van der Waals surface area contributed by atoms with Gasteiger partial charge in [-0.05, 0) is 36.2 Å². The van der Waals surface area contributed by atoms with Crippen molar-refractivity contribution in [3.05, 3.63) is 83.9 Å². The Labute approximate surface area is 170 Å². The zero-order valence-electron chi connectivity index (χ0n) is 15.3. The van der Waals surface area contributed by atoms with E-state index in [9.17, 15) is 13.2 Å². The Morgan fingerprint density at radius 2 is 1.82 bits per heavy atom.